The molecule has 104 valence electrons. The third kappa shape index (κ3) is 3.00. The van der Waals surface area contributed by atoms with Crippen LogP contribution in [0.1, 0.15) is 49.4 Å². The molecule has 19 heavy (non-hydrogen) atoms. The van der Waals surface area contributed by atoms with Gasteiger partial charge in [0.2, 0.25) is 0 Å². The van der Waals surface area contributed by atoms with Crippen LogP contribution in [0.2, 0.25) is 0 Å². The van der Waals surface area contributed by atoms with Gasteiger partial charge in [0, 0.05) is 6.04 Å². The van der Waals surface area contributed by atoms with Crippen molar-refractivity contribution >= 4 is 17.3 Å². The van der Waals surface area contributed by atoms with E-state index in [-0.39, 0.29) is 5.56 Å². The minimum Gasteiger partial charge on any atom is -0.478 e. The fraction of sp³-hybridized carbons (Fsp3) is 0.533. The summed E-state index contributed by atoms with van der Waals surface area (Å²) in [6.45, 7) is 2.21. The van der Waals surface area contributed by atoms with Crippen LogP contribution in [0.25, 0.3) is 0 Å². The van der Waals surface area contributed by atoms with Crippen LogP contribution in [-0.4, -0.2) is 17.1 Å². The molecule has 0 aliphatic heterocycles. The summed E-state index contributed by atoms with van der Waals surface area (Å²) in [5.41, 5.74) is 7.22. The summed E-state index contributed by atoms with van der Waals surface area (Å²) < 4.78 is 0. The van der Waals surface area contributed by atoms with Crippen LogP contribution in [0.15, 0.2) is 18.2 Å². The van der Waals surface area contributed by atoms with Gasteiger partial charge in [-0.15, -0.1) is 0 Å². The van der Waals surface area contributed by atoms with E-state index in [0.29, 0.717) is 17.6 Å². The molecule has 0 aromatic heterocycles. The summed E-state index contributed by atoms with van der Waals surface area (Å²) >= 11 is 0. The Hall–Kier alpha value is -1.71. The van der Waals surface area contributed by atoms with E-state index in [9.17, 15) is 4.79 Å². The van der Waals surface area contributed by atoms with E-state index >= 15 is 0 Å². The van der Waals surface area contributed by atoms with Gasteiger partial charge in [-0.05, 0) is 30.9 Å². The molecule has 2 unspecified atom stereocenters. The molecule has 1 aliphatic rings. The molecule has 2 rings (SSSR count). The lowest BCUT2D eigenvalue weighted by Crippen LogP contribution is -2.32. The number of anilines is 2. The average molecular weight is 262 g/mol. The monoisotopic (exact) mass is 262 g/mol. The molecule has 0 heterocycles. The van der Waals surface area contributed by atoms with Crippen molar-refractivity contribution in [3.8, 4) is 0 Å². The highest BCUT2D eigenvalue weighted by Gasteiger charge is 2.24. The largest absolute Gasteiger partial charge is 0.478 e. The highest BCUT2D eigenvalue weighted by molar-refractivity contribution is 5.97. The first-order valence-electron chi connectivity index (χ1n) is 7.01. The number of carboxylic acid groups (broad SMARTS) is 1. The normalized spacial score (nSPS) is 23.0. The Morgan fingerprint density at radius 3 is 2.84 bits per heavy atom. The molecule has 0 spiro atoms. The Balaban J connectivity index is 2.18. The number of nitrogen functional groups attached to an aromatic ring is 1. The molecule has 4 N–H and O–H groups in total. The maximum atomic E-state index is 11.1. The van der Waals surface area contributed by atoms with Crippen LogP contribution >= 0.6 is 0 Å². The molecular formula is C15H22N2O2. The second-order valence-electron chi connectivity index (χ2n) is 5.28. The van der Waals surface area contributed by atoms with Gasteiger partial charge in [0.25, 0.3) is 0 Å². The van der Waals surface area contributed by atoms with Crippen molar-refractivity contribution in [3.05, 3.63) is 23.8 Å². The molecule has 2 atom stereocenters. The molecule has 0 radical (unpaired) electrons. The Morgan fingerprint density at radius 1 is 1.42 bits per heavy atom. The van der Waals surface area contributed by atoms with Crippen molar-refractivity contribution in [3.63, 3.8) is 0 Å². The molecular weight excluding hydrogens is 240 g/mol. The number of aromatic carboxylic acids is 1. The zero-order chi connectivity index (χ0) is 13.8. The Kier molecular flexibility index (Phi) is 4.30. The lowest BCUT2D eigenvalue weighted by Gasteiger charge is -2.32. The summed E-state index contributed by atoms with van der Waals surface area (Å²) in [4.78, 5) is 11.1. The summed E-state index contributed by atoms with van der Waals surface area (Å²) in [5.74, 6) is -0.321. The molecule has 4 heteroatoms. The molecule has 1 aromatic carbocycles. The topological polar surface area (TPSA) is 75.3 Å². The standard InChI is InChI=1S/C15H22N2O2/c1-2-10-6-3-4-8-12(10)17-13-9-5-7-11(14(13)16)15(18)19/h5,7,9-10,12,17H,2-4,6,8,16H2,1H3,(H,18,19). The number of para-hydroxylation sites is 1. The highest BCUT2D eigenvalue weighted by atomic mass is 16.4. The molecule has 4 nitrogen and oxygen atoms in total. The summed E-state index contributed by atoms with van der Waals surface area (Å²) in [6.07, 6.45) is 6.05. The average Bonchev–Trinajstić information content (AvgIpc) is 2.41. The predicted octanol–water partition coefficient (Wildman–Crippen LogP) is 3.35. The Morgan fingerprint density at radius 2 is 2.16 bits per heavy atom. The number of hydrogen-bond acceptors (Lipinski definition) is 3. The third-order valence-electron chi connectivity index (χ3n) is 4.11. The Labute approximate surface area is 114 Å². The molecule has 0 bridgehead atoms. The van der Waals surface area contributed by atoms with Crippen molar-refractivity contribution in [2.45, 2.75) is 45.1 Å². The minimum absolute atomic E-state index is 0.175. The van der Waals surface area contributed by atoms with Gasteiger partial charge >= 0.3 is 5.97 Å². The first kappa shape index (κ1) is 13.7. The summed E-state index contributed by atoms with van der Waals surface area (Å²) in [5, 5.41) is 12.5. The second-order valence-corrected chi connectivity index (χ2v) is 5.28. The molecule has 0 saturated heterocycles. The minimum atomic E-state index is -0.975. The van der Waals surface area contributed by atoms with Crippen molar-refractivity contribution < 1.29 is 9.90 Å². The highest BCUT2D eigenvalue weighted by Crippen LogP contribution is 2.31. The number of nitrogens with one attached hydrogen (secondary N) is 1. The quantitative estimate of drug-likeness (QED) is 0.727. The van der Waals surface area contributed by atoms with E-state index < -0.39 is 5.97 Å². The number of carbonyl (C=O) groups is 1. The number of benzene rings is 1. The van der Waals surface area contributed by atoms with Crippen molar-refractivity contribution in [2.75, 3.05) is 11.1 Å². The SMILES string of the molecule is CCC1CCCCC1Nc1cccc(C(=O)O)c1N. The number of hydrogen-bond donors (Lipinski definition) is 3. The van der Waals surface area contributed by atoms with Crippen LogP contribution in [0, 0.1) is 5.92 Å². The smallest absolute Gasteiger partial charge is 0.337 e. The van der Waals surface area contributed by atoms with Crippen molar-refractivity contribution in [1.82, 2.24) is 0 Å². The summed E-state index contributed by atoms with van der Waals surface area (Å²) in [7, 11) is 0. The van der Waals surface area contributed by atoms with Gasteiger partial charge in [0.1, 0.15) is 0 Å². The van der Waals surface area contributed by atoms with Crippen LogP contribution in [0.3, 0.4) is 0 Å². The number of carboxylic acids is 1. The maximum absolute atomic E-state index is 11.1. The van der Waals surface area contributed by atoms with E-state index in [1.165, 1.54) is 19.3 Å². The van der Waals surface area contributed by atoms with Crippen molar-refractivity contribution in [2.24, 2.45) is 5.92 Å². The molecule has 1 saturated carbocycles. The molecule has 1 aliphatic carbocycles. The molecule has 0 amide bonds. The van der Waals surface area contributed by atoms with E-state index in [4.69, 9.17) is 10.8 Å². The number of nitrogens with two attached hydrogens (primary N) is 1. The lowest BCUT2D eigenvalue weighted by atomic mass is 9.82. The van der Waals surface area contributed by atoms with Crippen LogP contribution in [-0.2, 0) is 0 Å². The van der Waals surface area contributed by atoms with Gasteiger partial charge in [0.15, 0.2) is 0 Å². The van der Waals surface area contributed by atoms with Crippen molar-refractivity contribution in [1.29, 1.82) is 0 Å². The Bertz CT molecular complexity index is 459. The van der Waals surface area contributed by atoms with E-state index in [0.717, 1.165) is 18.5 Å². The van der Waals surface area contributed by atoms with Crippen LogP contribution < -0.4 is 11.1 Å². The van der Waals surface area contributed by atoms with E-state index in [2.05, 4.69) is 12.2 Å². The zero-order valence-corrected chi connectivity index (χ0v) is 11.4. The van der Waals surface area contributed by atoms with Gasteiger partial charge in [-0.1, -0.05) is 32.3 Å². The van der Waals surface area contributed by atoms with Crippen LogP contribution in [0.5, 0.6) is 0 Å². The van der Waals surface area contributed by atoms with Gasteiger partial charge in [-0.2, -0.15) is 0 Å². The maximum Gasteiger partial charge on any atom is 0.337 e. The molecule has 1 aromatic rings. The molecule has 1 fully saturated rings. The van der Waals surface area contributed by atoms with E-state index in [1.807, 2.05) is 6.07 Å². The van der Waals surface area contributed by atoms with Gasteiger partial charge in [0.05, 0.1) is 16.9 Å². The van der Waals surface area contributed by atoms with E-state index in [1.54, 1.807) is 12.1 Å². The van der Waals surface area contributed by atoms with Gasteiger partial charge < -0.3 is 16.2 Å². The van der Waals surface area contributed by atoms with Gasteiger partial charge in [-0.25, -0.2) is 4.79 Å². The first-order chi connectivity index (χ1) is 9.13. The fourth-order valence-corrected chi connectivity index (χ4v) is 2.96. The first-order valence-corrected chi connectivity index (χ1v) is 7.01. The van der Waals surface area contributed by atoms with Gasteiger partial charge in [-0.3, -0.25) is 0 Å². The fourth-order valence-electron chi connectivity index (χ4n) is 2.96. The zero-order valence-electron chi connectivity index (χ0n) is 11.4. The van der Waals surface area contributed by atoms with Crippen LogP contribution in [0.4, 0.5) is 11.4 Å². The number of rotatable bonds is 4. The lowest BCUT2D eigenvalue weighted by molar-refractivity contribution is 0.0698. The third-order valence-corrected chi connectivity index (χ3v) is 4.11. The predicted molar refractivity (Wildman–Crippen MR) is 77.5 cm³/mol. The summed E-state index contributed by atoms with van der Waals surface area (Å²) in [6, 6.07) is 5.56. The second kappa shape index (κ2) is 5.95.